The Bertz CT molecular complexity index is 847. The maximum absolute atomic E-state index is 14.9. The number of aromatic nitrogens is 2. The molecule has 0 fully saturated rings. The summed E-state index contributed by atoms with van der Waals surface area (Å²) in [6.07, 6.45) is 0. The molecule has 0 bridgehead atoms. The highest BCUT2D eigenvalue weighted by molar-refractivity contribution is 7.15. The van der Waals surface area contributed by atoms with Crippen LogP contribution in [0.25, 0.3) is 21.1 Å². The van der Waals surface area contributed by atoms with Gasteiger partial charge in [0.05, 0.1) is 22.5 Å². The minimum Gasteiger partial charge on any atom is -0.241 e. The van der Waals surface area contributed by atoms with Crippen molar-refractivity contribution < 1.29 is 17.6 Å². The van der Waals surface area contributed by atoms with Gasteiger partial charge in [0.25, 0.3) is 0 Å². The lowest BCUT2D eigenvalue weighted by atomic mass is 10.1. The lowest BCUT2D eigenvalue weighted by Crippen LogP contribution is -2.03. The molecular formula is C16H12F4N2S2. The van der Waals surface area contributed by atoms with Gasteiger partial charge in [0.2, 0.25) is 0 Å². The van der Waals surface area contributed by atoms with Gasteiger partial charge >= 0.3 is 0 Å². The highest BCUT2D eigenvalue weighted by Crippen LogP contribution is 2.40. The summed E-state index contributed by atoms with van der Waals surface area (Å²) in [6.45, 7) is 6.83. The van der Waals surface area contributed by atoms with Gasteiger partial charge in [0, 0.05) is 9.75 Å². The molecule has 0 saturated heterocycles. The molecular weight excluding hydrogens is 360 g/mol. The summed E-state index contributed by atoms with van der Waals surface area (Å²) in [5.41, 5.74) is -0.145. The Morgan fingerprint density at radius 1 is 0.583 bits per heavy atom. The Morgan fingerprint density at radius 2 is 0.958 bits per heavy atom. The Hall–Kier alpha value is -1.80. The summed E-state index contributed by atoms with van der Waals surface area (Å²) >= 11 is 2.05. The lowest BCUT2D eigenvalue weighted by Gasteiger charge is -2.09. The van der Waals surface area contributed by atoms with Gasteiger partial charge in [0.15, 0.2) is 17.5 Å². The van der Waals surface area contributed by atoms with Crippen molar-refractivity contribution >= 4 is 22.7 Å². The third kappa shape index (κ3) is 2.53. The quantitative estimate of drug-likeness (QED) is 0.326. The van der Waals surface area contributed by atoms with Crippen LogP contribution in [0.15, 0.2) is 0 Å². The Labute approximate surface area is 143 Å². The molecule has 0 aliphatic rings. The smallest absolute Gasteiger partial charge is 0.196 e. The van der Waals surface area contributed by atoms with E-state index in [0.717, 1.165) is 32.4 Å². The standard InChI is InChI=1S/C16H12F4N2S2/c1-5-7(3)23-15(21-5)9-11(17)10(13(19)14(20)12(9)18)16-22-6(2)8(4)24-16/h1-4H3. The number of nitrogens with zero attached hydrogens (tertiary/aromatic N) is 2. The third-order valence-electron chi connectivity index (χ3n) is 3.75. The van der Waals surface area contributed by atoms with Crippen LogP contribution in [0.1, 0.15) is 21.1 Å². The van der Waals surface area contributed by atoms with Crippen LogP contribution in [0.5, 0.6) is 0 Å². The van der Waals surface area contributed by atoms with Crippen LogP contribution in [-0.2, 0) is 0 Å². The first-order valence-corrected chi connectivity index (χ1v) is 8.60. The van der Waals surface area contributed by atoms with Crippen molar-refractivity contribution in [3.63, 3.8) is 0 Å². The summed E-state index contributed by atoms with van der Waals surface area (Å²) in [5.74, 6) is -6.06. The predicted molar refractivity (Wildman–Crippen MR) is 87.4 cm³/mol. The first kappa shape index (κ1) is 17.0. The second-order valence-corrected chi connectivity index (χ2v) is 7.73. The summed E-state index contributed by atoms with van der Waals surface area (Å²) in [7, 11) is 0. The maximum atomic E-state index is 14.9. The molecule has 0 N–H and O–H groups in total. The van der Waals surface area contributed by atoms with E-state index in [4.69, 9.17) is 0 Å². The van der Waals surface area contributed by atoms with Crippen molar-refractivity contribution in [3.8, 4) is 21.1 Å². The van der Waals surface area contributed by atoms with E-state index in [1.165, 1.54) is 0 Å². The van der Waals surface area contributed by atoms with Gasteiger partial charge in [0.1, 0.15) is 15.8 Å². The molecule has 8 heteroatoms. The fourth-order valence-electron chi connectivity index (χ4n) is 2.17. The van der Waals surface area contributed by atoms with Crippen LogP contribution >= 0.6 is 22.7 Å². The van der Waals surface area contributed by atoms with Crippen LogP contribution in [0.3, 0.4) is 0 Å². The molecule has 2 nitrogen and oxygen atoms in total. The normalized spacial score (nSPS) is 11.3. The van der Waals surface area contributed by atoms with Gasteiger partial charge in [-0.25, -0.2) is 27.5 Å². The van der Waals surface area contributed by atoms with Gasteiger partial charge in [-0.1, -0.05) is 0 Å². The molecule has 0 aliphatic carbocycles. The van der Waals surface area contributed by atoms with Crippen molar-refractivity contribution in [3.05, 3.63) is 44.4 Å². The molecule has 2 heterocycles. The SMILES string of the molecule is Cc1nc(-c2c(F)c(F)c(F)c(-c3nc(C)c(C)s3)c2F)sc1C. The van der Waals surface area contributed by atoms with E-state index in [2.05, 4.69) is 9.97 Å². The number of benzene rings is 1. The number of rotatable bonds is 2. The highest BCUT2D eigenvalue weighted by atomic mass is 32.1. The van der Waals surface area contributed by atoms with E-state index in [1.54, 1.807) is 27.7 Å². The number of halogens is 4. The molecule has 0 saturated carbocycles. The number of thiazole rings is 2. The van der Waals surface area contributed by atoms with Gasteiger partial charge in [-0.2, -0.15) is 0 Å². The summed E-state index contributed by atoms with van der Waals surface area (Å²) in [6, 6.07) is 0. The van der Waals surface area contributed by atoms with Crippen molar-refractivity contribution in [1.29, 1.82) is 0 Å². The number of hydrogen-bond acceptors (Lipinski definition) is 4. The topological polar surface area (TPSA) is 25.8 Å². The van der Waals surface area contributed by atoms with Crippen LogP contribution in [-0.4, -0.2) is 9.97 Å². The van der Waals surface area contributed by atoms with E-state index in [1.807, 2.05) is 0 Å². The Balaban J connectivity index is 2.35. The molecule has 0 spiro atoms. The van der Waals surface area contributed by atoms with Crippen LogP contribution < -0.4 is 0 Å². The first-order chi connectivity index (χ1) is 11.2. The predicted octanol–water partition coefficient (Wildman–Crippen LogP) is 5.72. The monoisotopic (exact) mass is 372 g/mol. The fourth-order valence-corrected chi connectivity index (χ4v) is 4.06. The van der Waals surface area contributed by atoms with Gasteiger partial charge in [-0.15, -0.1) is 22.7 Å². The van der Waals surface area contributed by atoms with Crippen molar-refractivity contribution in [2.75, 3.05) is 0 Å². The van der Waals surface area contributed by atoms with Crippen molar-refractivity contribution in [2.45, 2.75) is 27.7 Å². The molecule has 24 heavy (non-hydrogen) atoms. The van der Waals surface area contributed by atoms with E-state index in [-0.39, 0.29) is 10.0 Å². The first-order valence-electron chi connectivity index (χ1n) is 6.97. The minimum atomic E-state index is -1.72. The van der Waals surface area contributed by atoms with E-state index < -0.39 is 34.4 Å². The minimum absolute atomic E-state index is 0.0230. The second kappa shape index (κ2) is 5.93. The average molecular weight is 372 g/mol. The zero-order chi connectivity index (χ0) is 17.8. The molecule has 0 amide bonds. The van der Waals surface area contributed by atoms with Gasteiger partial charge in [-0.3, -0.25) is 0 Å². The lowest BCUT2D eigenvalue weighted by molar-refractivity contribution is 0.440. The Kier molecular flexibility index (Phi) is 4.21. The zero-order valence-electron chi connectivity index (χ0n) is 13.2. The molecule has 3 rings (SSSR count). The molecule has 2 aromatic heterocycles. The molecule has 0 aliphatic heterocycles. The van der Waals surface area contributed by atoms with Crippen LogP contribution in [0.4, 0.5) is 17.6 Å². The second-order valence-electron chi connectivity index (χ2n) is 5.33. The van der Waals surface area contributed by atoms with Crippen molar-refractivity contribution in [2.24, 2.45) is 0 Å². The molecule has 0 radical (unpaired) electrons. The largest absolute Gasteiger partial charge is 0.241 e. The average Bonchev–Trinajstić information content (AvgIpc) is 3.00. The summed E-state index contributed by atoms with van der Waals surface area (Å²) in [5, 5.41) is -0.0460. The molecule has 126 valence electrons. The van der Waals surface area contributed by atoms with E-state index >= 15 is 0 Å². The molecule has 0 unspecified atom stereocenters. The van der Waals surface area contributed by atoms with Gasteiger partial charge < -0.3 is 0 Å². The Morgan fingerprint density at radius 3 is 1.25 bits per heavy atom. The molecule has 3 aromatic rings. The van der Waals surface area contributed by atoms with Crippen molar-refractivity contribution in [1.82, 2.24) is 9.97 Å². The zero-order valence-corrected chi connectivity index (χ0v) is 14.9. The van der Waals surface area contributed by atoms with Gasteiger partial charge in [-0.05, 0) is 27.7 Å². The molecule has 1 aromatic carbocycles. The summed E-state index contributed by atoms with van der Waals surface area (Å²) < 4.78 is 57.4. The van der Waals surface area contributed by atoms with Crippen LogP contribution in [0, 0.1) is 51.0 Å². The number of hydrogen-bond donors (Lipinski definition) is 0. The highest BCUT2D eigenvalue weighted by Gasteiger charge is 2.30. The number of aryl methyl sites for hydroxylation is 4. The van der Waals surface area contributed by atoms with E-state index in [0.29, 0.717) is 11.4 Å². The summed E-state index contributed by atoms with van der Waals surface area (Å²) in [4.78, 5) is 9.62. The van der Waals surface area contributed by atoms with E-state index in [9.17, 15) is 17.6 Å². The third-order valence-corrected chi connectivity index (χ3v) is 5.93. The maximum Gasteiger partial charge on any atom is 0.196 e. The van der Waals surface area contributed by atoms with Crippen LogP contribution in [0.2, 0.25) is 0 Å². The molecule has 0 atom stereocenters. The fraction of sp³-hybridized carbons (Fsp3) is 0.250.